The molecular weight excluding hydrogens is 216 g/mol. The quantitative estimate of drug-likeness (QED) is 0.402. The molecule has 0 bridgehead atoms. The molecule has 0 saturated carbocycles. The molecule has 0 atom stereocenters. The summed E-state index contributed by atoms with van der Waals surface area (Å²) in [6.07, 6.45) is 1.50. The van der Waals surface area contributed by atoms with Crippen LogP contribution in [0.5, 0.6) is 0 Å². The number of hydrogen-bond acceptors (Lipinski definition) is 6. The van der Waals surface area contributed by atoms with Gasteiger partial charge in [-0.1, -0.05) is 12.2 Å². The van der Waals surface area contributed by atoms with Gasteiger partial charge in [0.2, 0.25) is 5.41 Å². The van der Waals surface area contributed by atoms with Gasteiger partial charge in [-0.25, -0.2) is 9.59 Å². The summed E-state index contributed by atoms with van der Waals surface area (Å²) in [6.45, 7) is 3.42. The van der Waals surface area contributed by atoms with Gasteiger partial charge in [0.05, 0.1) is 13.2 Å². The molecule has 6 heteroatoms. The van der Waals surface area contributed by atoms with Crippen molar-refractivity contribution in [1.82, 2.24) is 0 Å². The second kappa shape index (κ2) is 4.78. The Kier molecular flexibility index (Phi) is 3.65. The Labute approximate surface area is 92.2 Å². The average molecular weight is 228 g/mol. The topological polar surface area (TPSA) is 78.9 Å². The number of ether oxygens (including phenoxy) is 3. The van der Waals surface area contributed by atoms with E-state index in [-0.39, 0.29) is 13.2 Å². The van der Waals surface area contributed by atoms with Crippen LogP contribution in [0.1, 0.15) is 13.8 Å². The Bertz CT molecular complexity index is 337. The summed E-state index contributed by atoms with van der Waals surface area (Å²) in [7, 11) is 0. The predicted molar refractivity (Wildman–Crippen MR) is 51.3 cm³/mol. The lowest BCUT2D eigenvalue weighted by Crippen LogP contribution is -2.32. The van der Waals surface area contributed by atoms with Gasteiger partial charge in [0.1, 0.15) is 0 Å². The summed E-state index contributed by atoms with van der Waals surface area (Å²) in [5, 5.41) is 0. The van der Waals surface area contributed by atoms with Gasteiger partial charge in [0.25, 0.3) is 0 Å². The smallest absolute Gasteiger partial charge is 0.465 e. The molecule has 0 N–H and O–H groups in total. The molecule has 0 aromatic rings. The highest BCUT2D eigenvalue weighted by atomic mass is 16.7. The Hall–Kier alpha value is -1.85. The molecule has 0 unspecified atom stereocenters. The van der Waals surface area contributed by atoms with Crippen molar-refractivity contribution in [2.75, 3.05) is 13.2 Å². The van der Waals surface area contributed by atoms with Crippen molar-refractivity contribution >= 4 is 18.1 Å². The number of rotatable bonds is 4. The zero-order valence-electron chi connectivity index (χ0n) is 9.02. The maximum Gasteiger partial charge on any atom is 0.516 e. The van der Waals surface area contributed by atoms with E-state index in [1.54, 1.807) is 13.8 Å². The highest BCUT2D eigenvalue weighted by molar-refractivity contribution is 6.10. The van der Waals surface area contributed by atoms with E-state index in [2.05, 4.69) is 14.2 Å². The molecule has 0 spiro atoms. The molecule has 0 heterocycles. The van der Waals surface area contributed by atoms with Crippen molar-refractivity contribution < 1.29 is 28.6 Å². The van der Waals surface area contributed by atoms with Crippen molar-refractivity contribution in [2.24, 2.45) is 5.41 Å². The summed E-state index contributed by atoms with van der Waals surface area (Å²) in [5.41, 5.74) is -1.53. The third-order valence-electron chi connectivity index (χ3n) is 1.89. The van der Waals surface area contributed by atoms with Crippen LogP contribution in [-0.2, 0) is 23.8 Å². The molecule has 0 amide bonds. The molecule has 6 nitrogen and oxygen atoms in total. The van der Waals surface area contributed by atoms with Crippen molar-refractivity contribution in [3.63, 3.8) is 0 Å². The first kappa shape index (κ1) is 12.2. The van der Waals surface area contributed by atoms with Crippen LogP contribution in [0.25, 0.3) is 0 Å². The van der Waals surface area contributed by atoms with Crippen LogP contribution in [0.15, 0.2) is 12.2 Å². The van der Waals surface area contributed by atoms with Gasteiger partial charge in [-0.2, -0.15) is 0 Å². The minimum Gasteiger partial charge on any atom is -0.465 e. The highest BCUT2D eigenvalue weighted by Gasteiger charge is 2.53. The van der Waals surface area contributed by atoms with Crippen molar-refractivity contribution in [3.05, 3.63) is 12.2 Å². The van der Waals surface area contributed by atoms with E-state index in [0.717, 1.165) is 0 Å². The lowest BCUT2D eigenvalue weighted by atomic mass is 10.1. The van der Waals surface area contributed by atoms with Crippen LogP contribution in [0, 0.1) is 5.41 Å². The van der Waals surface area contributed by atoms with Crippen LogP contribution in [0.4, 0.5) is 4.79 Å². The van der Waals surface area contributed by atoms with Crippen LogP contribution in [0.2, 0.25) is 0 Å². The van der Waals surface area contributed by atoms with Crippen molar-refractivity contribution in [1.29, 1.82) is 0 Å². The highest BCUT2D eigenvalue weighted by Crippen LogP contribution is 2.37. The molecular formula is C10H12O6. The van der Waals surface area contributed by atoms with Crippen LogP contribution >= 0.6 is 0 Å². The minimum atomic E-state index is -1.53. The van der Waals surface area contributed by atoms with E-state index >= 15 is 0 Å². The summed E-state index contributed by atoms with van der Waals surface area (Å²) < 4.78 is 13.4. The fourth-order valence-corrected chi connectivity index (χ4v) is 0.997. The van der Waals surface area contributed by atoms with Gasteiger partial charge in [-0.3, -0.25) is 4.79 Å². The SMILES string of the molecule is CCOC(=O)OC(=O)C1(C(=O)OCC)C=C1. The summed E-state index contributed by atoms with van der Waals surface area (Å²) in [5.74, 6) is -1.74. The van der Waals surface area contributed by atoms with Gasteiger partial charge in [0, 0.05) is 0 Å². The van der Waals surface area contributed by atoms with E-state index in [1.165, 1.54) is 12.2 Å². The van der Waals surface area contributed by atoms with Gasteiger partial charge < -0.3 is 14.2 Å². The molecule has 88 valence electrons. The number of esters is 2. The van der Waals surface area contributed by atoms with Crippen LogP contribution in [0.3, 0.4) is 0 Å². The average Bonchev–Trinajstić information content (AvgIpc) is 2.98. The van der Waals surface area contributed by atoms with Gasteiger partial charge in [0.15, 0.2) is 0 Å². The maximum atomic E-state index is 11.4. The minimum absolute atomic E-state index is 0.0892. The Morgan fingerprint density at radius 2 is 1.56 bits per heavy atom. The van der Waals surface area contributed by atoms with Gasteiger partial charge in [-0.05, 0) is 13.8 Å². The molecule has 1 aliphatic rings. The number of carbonyl (C=O) groups excluding carboxylic acids is 3. The van der Waals surface area contributed by atoms with E-state index in [4.69, 9.17) is 0 Å². The second-order valence-corrected chi connectivity index (χ2v) is 3.00. The van der Waals surface area contributed by atoms with Crippen molar-refractivity contribution in [3.8, 4) is 0 Å². The maximum absolute atomic E-state index is 11.4. The zero-order valence-corrected chi connectivity index (χ0v) is 9.02. The van der Waals surface area contributed by atoms with Gasteiger partial charge in [-0.15, -0.1) is 0 Å². The first-order chi connectivity index (χ1) is 7.56. The molecule has 1 rings (SSSR count). The lowest BCUT2D eigenvalue weighted by molar-refractivity contribution is -0.159. The molecule has 1 aliphatic carbocycles. The molecule has 0 aliphatic heterocycles. The molecule has 0 radical (unpaired) electrons. The van der Waals surface area contributed by atoms with Crippen LogP contribution < -0.4 is 0 Å². The fraction of sp³-hybridized carbons (Fsp3) is 0.500. The normalized spacial score (nSPS) is 15.1. The van der Waals surface area contributed by atoms with E-state index in [1.807, 2.05) is 0 Å². The lowest BCUT2D eigenvalue weighted by Gasteiger charge is -2.12. The third kappa shape index (κ3) is 2.39. The molecule has 16 heavy (non-hydrogen) atoms. The predicted octanol–water partition coefficient (Wildman–Crippen LogP) is 0.805. The van der Waals surface area contributed by atoms with Crippen LogP contribution in [-0.4, -0.2) is 31.3 Å². The largest absolute Gasteiger partial charge is 0.516 e. The number of carbonyl (C=O) groups is 3. The number of hydrogen-bond donors (Lipinski definition) is 0. The Morgan fingerprint density at radius 3 is 2.00 bits per heavy atom. The summed E-state index contributed by atoms with van der Waals surface area (Å²) in [4.78, 5) is 33.7. The Balaban J connectivity index is 2.54. The fourth-order valence-electron chi connectivity index (χ4n) is 0.997. The summed E-state index contributed by atoms with van der Waals surface area (Å²) >= 11 is 0. The molecule has 0 saturated heterocycles. The van der Waals surface area contributed by atoms with Crippen molar-refractivity contribution in [2.45, 2.75) is 13.8 Å². The Morgan fingerprint density at radius 1 is 1.00 bits per heavy atom. The van der Waals surface area contributed by atoms with Gasteiger partial charge >= 0.3 is 18.1 Å². The zero-order chi connectivity index (χ0) is 12.2. The molecule has 0 aromatic carbocycles. The first-order valence-electron chi connectivity index (χ1n) is 4.83. The summed E-state index contributed by atoms with van der Waals surface area (Å²) in [6, 6.07) is 0. The molecule has 0 aromatic heterocycles. The third-order valence-corrected chi connectivity index (χ3v) is 1.89. The molecule has 0 fully saturated rings. The van der Waals surface area contributed by atoms with E-state index < -0.39 is 23.5 Å². The first-order valence-corrected chi connectivity index (χ1v) is 4.83. The van der Waals surface area contributed by atoms with E-state index in [9.17, 15) is 14.4 Å². The monoisotopic (exact) mass is 228 g/mol. The standard InChI is InChI=1S/C10H12O6/c1-3-14-7(11)10(5-6-10)8(12)16-9(13)15-4-2/h5-6H,3-4H2,1-2H3. The second-order valence-electron chi connectivity index (χ2n) is 3.00. The van der Waals surface area contributed by atoms with E-state index in [0.29, 0.717) is 0 Å².